The lowest BCUT2D eigenvalue weighted by atomic mass is 9.77. The van der Waals surface area contributed by atoms with Crippen molar-refractivity contribution in [2.75, 3.05) is 5.32 Å². The predicted octanol–water partition coefficient (Wildman–Crippen LogP) is 6.91. The summed E-state index contributed by atoms with van der Waals surface area (Å²) in [5.74, 6) is -0.803. The fraction of sp³-hybridized carbons (Fsp3) is 0.250. The highest BCUT2D eigenvalue weighted by atomic mass is 35.5. The van der Waals surface area contributed by atoms with Crippen LogP contribution in [0.25, 0.3) is 0 Å². The predicted molar refractivity (Wildman–Crippen MR) is 122 cm³/mol. The molecule has 1 saturated carbocycles. The number of alkyl halides is 1. The van der Waals surface area contributed by atoms with Gasteiger partial charge in [-0.3, -0.25) is 10.1 Å². The molecule has 0 spiro atoms. The van der Waals surface area contributed by atoms with Gasteiger partial charge in [-0.05, 0) is 47.7 Å². The van der Waals surface area contributed by atoms with Gasteiger partial charge in [0.1, 0.15) is 11.6 Å². The molecule has 32 heavy (non-hydrogen) atoms. The highest BCUT2D eigenvalue weighted by molar-refractivity contribution is 8.00. The first-order valence-corrected chi connectivity index (χ1v) is 11.6. The Morgan fingerprint density at radius 2 is 1.78 bits per heavy atom. The molecule has 2 aliphatic rings. The molecule has 5 atom stereocenters. The number of nitrogens with zero attached hydrogens (tertiary/aromatic N) is 1. The molecule has 1 aliphatic heterocycles. The van der Waals surface area contributed by atoms with E-state index in [1.807, 2.05) is 6.07 Å². The zero-order valence-electron chi connectivity index (χ0n) is 16.8. The van der Waals surface area contributed by atoms with E-state index >= 15 is 0 Å². The molecular formula is C24H19ClF2N2O2S. The summed E-state index contributed by atoms with van der Waals surface area (Å²) in [4.78, 5) is 11.7. The monoisotopic (exact) mass is 472 g/mol. The van der Waals surface area contributed by atoms with Crippen molar-refractivity contribution in [1.29, 1.82) is 0 Å². The van der Waals surface area contributed by atoms with Gasteiger partial charge in [0.05, 0.1) is 26.9 Å². The number of nitro benzene ring substituents is 1. The van der Waals surface area contributed by atoms with Gasteiger partial charge in [-0.2, -0.15) is 0 Å². The van der Waals surface area contributed by atoms with Gasteiger partial charge in [0.2, 0.25) is 0 Å². The minimum atomic E-state index is -0.388. The first kappa shape index (κ1) is 21.2. The van der Waals surface area contributed by atoms with Crippen LogP contribution in [0, 0.1) is 27.7 Å². The van der Waals surface area contributed by atoms with Gasteiger partial charge >= 0.3 is 0 Å². The van der Waals surface area contributed by atoms with Gasteiger partial charge in [0.15, 0.2) is 0 Å². The van der Waals surface area contributed by atoms with Crippen LogP contribution < -0.4 is 5.32 Å². The minimum absolute atomic E-state index is 0.0255. The van der Waals surface area contributed by atoms with Gasteiger partial charge in [0.25, 0.3) is 5.69 Å². The number of nitro groups is 1. The third-order valence-corrected chi connectivity index (χ3v) is 8.48. The molecule has 0 saturated heterocycles. The average Bonchev–Trinajstić information content (AvgIpc) is 3.11. The number of nitrogens with one attached hydrogen (secondary N) is 1. The third-order valence-electron chi connectivity index (χ3n) is 6.37. The Morgan fingerprint density at radius 1 is 1.03 bits per heavy atom. The number of halogens is 3. The molecule has 0 unspecified atom stereocenters. The fourth-order valence-corrected chi connectivity index (χ4v) is 6.92. The maximum absolute atomic E-state index is 14.7. The van der Waals surface area contributed by atoms with Gasteiger partial charge in [-0.25, -0.2) is 8.78 Å². The van der Waals surface area contributed by atoms with Crippen LogP contribution in [0.1, 0.15) is 29.5 Å². The lowest BCUT2D eigenvalue weighted by molar-refractivity contribution is -0.387. The lowest BCUT2D eigenvalue weighted by Gasteiger charge is -2.38. The van der Waals surface area contributed by atoms with E-state index in [2.05, 4.69) is 5.32 Å². The number of benzene rings is 3. The molecule has 1 N–H and O–H groups in total. The van der Waals surface area contributed by atoms with E-state index in [0.717, 1.165) is 11.1 Å². The Balaban J connectivity index is 1.54. The Labute approximate surface area is 193 Å². The van der Waals surface area contributed by atoms with Gasteiger partial charge in [0, 0.05) is 17.2 Å². The van der Waals surface area contributed by atoms with Crippen molar-refractivity contribution < 1.29 is 13.7 Å². The topological polar surface area (TPSA) is 55.2 Å². The second-order valence-electron chi connectivity index (χ2n) is 8.13. The number of hydrogen-bond donors (Lipinski definition) is 1. The molecule has 0 radical (unpaired) electrons. The molecule has 1 heterocycles. The lowest BCUT2D eigenvalue weighted by Crippen LogP contribution is -2.31. The van der Waals surface area contributed by atoms with E-state index in [1.54, 1.807) is 36.4 Å². The maximum atomic E-state index is 14.7. The SMILES string of the molecule is O=[N+]([O-])c1ccccc1S[C@H]1C[C@@H]2[C@H](c3cccc(F)c3N[C@@H]2c2ccc(F)cc2)[C@@H]1Cl. The molecule has 8 heteroatoms. The molecule has 3 aromatic rings. The second kappa shape index (κ2) is 8.37. The summed E-state index contributed by atoms with van der Waals surface area (Å²) in [6.07, 6.45) is 0.681. The molecule has 0 aromatic heterocycles. The van der Waals surface area contributed by atoms with Crippen LogP contribution in [0.15, 0.2) is 71.6 Å². The molecule has 3 aromatic carbocycles. The summed E-state index contributed by atoms with van der Waals surface area (Å²) in [6.45, 7) is 0. The van der Waals surface area contributed by atoms with Crippen molar-refractivity contribution in [3.8, 4) is 0 Å². The largest absolute Gasteiger partial charge is 0.375 e. The molecule has 5 rings (SSSR count). The van der Waals surface area contributed by atoms with E-state index in [4.69, 9.17) is 11.6 Å². The summed E-state index contributed by atoms with van der Waals surface area (Å²) in [7, 11) is 0. The number of anilines is 1. The summed E-state index contributed by atoms with van der Waals surface area (Å²) in [5, 5.41) is 14.3. The Morgan fingerprint density at radius 3 is 2.53 bits per heavy atom. The first-order valence-electron chi connectivity index (χ1n) is 10.3. The molecule has 0 bridgehead atoms. The van der Waals surface area contributed by atoms with Crippen LogP contribution in [0.2, 0.25) is 0 Å². The second-order valence-corrected chi connectivity index (χ2v) is 9.91. The van der Waals surface area contributed by atoms with Gasteiger partial charge in [-0.1, -0.05) is 36.4 Å². The first-order chi connectivity index (χ1) is 15.4. The number of para-hydroxylation sites is 2. The summed E-state index contributed by atoms with van der Waals surface area (Å²) >= 11 is 8.39. The number of fused-ring (bicyclic) bond motifs is 3. The minimum Gasteiger partial charge on any atom is -0.375 e. The highest BCUT2D eigenvalue weighted by Gasteiger charge is 2.50. The van der Waals surface area contributed by atoms with E-state index in [9.17, 15) is 18.9 Å². The van der Waals surface area contributed by atoms with Crippen LogP contribution >= 0.6 is 23.4 Å². The van der Waals surface area contributed by atoms with Crippen molar-refractivity contribution in [2.24, 2.45) is 5.92 Å². The van der Waals surface area contributed by atoms with Gasteiger partial charge in [-0.15, -0.1) is 23.4 Å². The Bertz CT molecular complexity index is 1180. The van der Waals surface area contributed by atoms with Crippen molar-refractivity contribution >= 4 is 34.7 Å². The van der Waals surface area contributed by atoms with E-state index in [1.165, 1.54) is 36.0 Å². The number of hydrogen-bond acceptors (Lipinski definition) is 4. The zero-order valence-corrected chi connectivity index (χ0v) is 18.3. The van der Waals surface area contributed by atoms with Crippen molar-refractivity contribution in [3.63, 3.8) is 0 Å². The maximum Gasteiger partial charge on any atom is 0.282 e. The quantitative estimate of drug-likeness (QED) is 0.254. The number of rotatable bonds is 4. The van der Waals surface area contributed by atoms with E-state index in [-0.39, 0.29) is 50.7 Å². The molecule has 1 fully saturated rings. The zero-order chi connectivity index (χ0) is 22.4. The van der Waals surface area contributed by atoms with Gasteiger partial charge < -0.3 is 5.32 Å². The molecule has 4 nitrogen and oxygen atoms in total. The van der Waals surface area contributed by atoms with E-state index < -0.39 is 0 Å². The fourth-order valence-electron chi connectivity index (χ4n) is 4.98. The van der Waals surface area contributed by atoms with Crippen molar-refractivity contribution in [2.45, 2.75) is 33.9 Å². The molecule has 1 aliphatic carbocycles. The van der Waals surface area contributed by atoms with Crippen LogP contribution in [0.5, 0.6) is 0 Å². The van der Waals surface area contributed by atoms with Crippen LogP contribution in [-0.2, 0) is 0 Å². The summed E-state index contributed by atoms with van der Waals surface area (Å²) in [5.41, 5.74) is 2.15. The average molecular weight is 473 g/mol. The normalized spacial score (nSPS) is 26.2. The van der Waals surface area contributed by atoms with Crippen LogP contribution in [0.4, 0.5) is 20.2 Å². The molecular weight excluding hydrogens is 454 g/mol. The third kappa shape index (κ3) is 3.63. The Hall–Kier alpha value is -2.64. The standard InChI is InChI=1S/C24H19ClF2N2O2S/c25-22-20(32-19-7-2-1-6-18(19)29(30)31)12-16-21(22)15-4-3-5-17(27)24(15)28-23(16)13-8-10-14(26)11-9-13/h1-11,16,20-23,28H,12H2/t16-,20+,21+,22-,23-/m1/s1. The van der Waals surface area contributed by atoms with Crippen molar-refractivity contribution in [1.82, 2.24) is 0 Å². The smallest absolute Gasteiger partial charge is 0.282 e. The molecule has 164 valence electrons. The summed E-state index contributed by atoms with van der Waals surface area (Å²) in [6, 6.07) is 17.6. The van der Waals surface area contributed by atoms with Crippen LogP contribution in [-0.4, -0.2) is 15.6 Å². The van der Waals surface area contributed by atoms with Crippen LogP contribution in [0.3, 0.4) is 0 Å². The highest BCUT2D eigenvalue weighted by Crippen LogP contribution is 2.58. The number of thioether (sulfide) groups is 1. The molecule has 0 amide bonds. The van der Waals surface area contributed by atoms with E-state index in [0.29, 0.717) is 17.0 Å². The Kier molecular flexibility index (Phi) is 5.55. The summed E-state index contributed by atoms with van der Waals surface area (Å²) < 4.78 is 28.3. The van der Waals surface area contributed by atoms with Crippen molar-refractivity contribution in [3.05, 3.63) is 99.6 Å².